The van der Waals surface area contributed by atoms with Crippen molar-refractivity contribution in [2.75, 3.05) is 0 Å². The third-order valence-electron chi connectivity index (χ3n) is 2.58. The zero-order valence-electron chi connectivity index (χ0n) is 11.2. The van der Waals surface area contributed by atoms with Crippen molar-refractivity contribution in [1.82, 2.24) is 9.55 Å². The fourth-order valence-corrected chi connectivity index (χ4v) is 1.74. The molecule has 1 aromatic rings. The number of nitrogens with two attached hydrogens (primary N) is 1. The van der Waals surface area contributed by atoms with Crippen LogP contribution in [0, 0.1) is 6.92 Å². The molecular weight excluding hydrogens is 231 g/mol. The van der Waals surface area contributed by atoms with Crippen molar-refractivity contribution >= 4 is 11.8 Å². The summed E-state index contributed by atoms with van der Waals surface area (Å²) in [6.07, 6.45) is 2.74. The van der Waals surface area contributed by atoms with Crippen LogP contribution in [0.15, 0.2) is 29.4 Å². The van der Waals surface area contributed by atoms with Gasteiger partial charge >= 0.3 is 0 Å². The average Bonchev–Trinajstić information content (AvgIpc) is 2.66. The number of hydrogen-bond acceptors (Lipinski definition) is 3. The molecule has 1 rings (SSSR count). The van der Waals surface area contributed by atoms with Crippen molar-refractivity contribution in [3.63, 3.8) is 0 Å². The van der Waals surface area contributed by atoms with Gasteiger partial charge in [0.05, 0.1) is 18.1 Å². The molecule has 0 spiro atoms. The number of nitrogens with zero attached hydrogens (tertiary/aromatic N) is 3. The Bertz CT molecular complexity index is 509. The summed E-state index contributed by atoms with van der Waals surface area (Å²) in [6.45, 7) is 11.0. The average molecular weight is 250 g/mol. The van der Waals surface area contributed by atoms with Gasteiger partial charge in [-0.3, -0.25) is 0 Å². The fourth-order valence-electron chi connectivity index (χ4n) is 1.74. The molecule has 0 fully saturated rings. The molecule has 0 aliphatic heterocycles. The van der Waals surface area contributed by atoms with Gasteiger partial charge in [-0.05, 0) is 27.7 Å². The third kappa shape index (κ3) is 3.06. The molecule has 0 atom stereocenters. The first-order chi connectivity index (χ1) is 8.34. The van der Waals surface area contributed by atoms with Gasteiger partial charge in [-0.2, -0.15) is 0 Å². The van der Waals surface area contributed by atoms with E-state index in [1.165, 1.54) is 0 Å². The number of aromatic nitrogens is 2. The van der Waals surface area contributed by atoms with E-state index in [-0.39, 0.29) is 11.9 Å². The lowest BCUT2D eigenvalue weighted by Gasteiger charge is -2.14. The third-order valence-corrected chi connectivity index (χ3v) is 2.58. The van der Waals surface area contributed by atoms with Gasteiger partial charge < -0.3 is 10.3 Å². The van der Waals surface area contributed by atoms with Crippen LogP contribution in [0.1, 0.15) is 38.3 Å². The van der Waals surface area contributed by atoms with E-state index in [4.69, 9.17) is 5.73 Å². The van der Waals surface area contributed by atoms with Crippen molar-refractivity contribution in [1.29, 1.82) is 0 Å². The van der Waals surface area contributed by atoms with Gasteiger partial charge in [0, 0.05) is 11.6 Å². The maximum absolute atomic E-state index is 13.9. The van der Waals surface area contributed by atoms with E-state index in [2.05, 4.69) is 16.6 Å². The molecule has 18 heavy (non-hydrogen) atoms. The Morgan fingerprint density at radius 2 is 2.22 bits per heavy atom. The van der Waals surface area contributed by atoms with E-state index in [1.54, 1.807) is 13.1 Å². The van der Waals surface area contributed by atoms with E-state index in [9.17, 15) is 4.39 Å². The summed E-state index contributed by atoms with van der Waals surface area (Å²) in [7, 11) is 0. The highest BCUT2D eigenvalue weighted by atomic mass is 19.1. The van der Waals surface area contributed by atoms with Crippen LogP contribution in [0.4, 0.5) is 4.39 Å². The Balaban J connectivity index is 3.21. The molecule has 0 radical (unpaired) electrons. The van der Waals surface area contributed by atoms with Crippen LogP contribution in [-0.2, 0) is 0 Å². The van der Waals surface area contributed by atoms with Crippen molar-refractivity contribution in [2.45, 2.75) is 33.7 Å². The molecule has 0 amide bonds. The largest absolute Gasteiger partial charge is 0.384 e. The van der Waals surface area contributed by atoms with Crippen molar-refractivity contribution in [3.05, 3.63) is 35.9 Å². The lowest BCUT2D eigenvalue weighted by Crippen LogP contribution is -2.07. The summed E-state index contributed by atoms with van der Waals surface area (Å²) in [4.78, 5) is 7.86. The maximum Gasteiger partial charge on any atom is 0.146 e. The predicted octanol–water partition coefficient (Wildman–Crippen LogP) is 2.97. The second kappa shape index (κ2) is 5.62. The molecule has 0 aromatic carbocycles. The predicted molar refractivity (Wildman–Crippen MR) is 72.9 cm³/mol. The van der Waals surface area contributed by atoms with Crippen LogP contribution in [-0.4, -0.2) is 15.8 Å². The first kappa shape index (κ1) is 14.2. The highest BCUT2D eigenvalue weighted by molar-refractivity contribution is 5.87. The summed E-state index contributed by atoms with van der Waals surface area (Å²) in [6, 6.07) is 0.215. The molecule has 0 saturated carbocycles. The van der Waals surface area contributed by atoms with Crippen molar-refractivity contribution < 1.29 is 4.39 Å². The van der Waals surface area contributed by atoms with Gasteiger partial charge in [0.15, 0.2) is 0 Å². The normalized spacial score (nSPS) is 13.2. The Labute approximate surface area is 107 Å². The van der Waals surface area contributed by atoms with Gasteiger partial charge in [0.2, 0.25) is 0 Å². The van der Waals surface area contributed by atoms with Crippen LogP contribution >= 0.6 is 0 Å². The van der Waals surface area contributed by atoms with Crippen molar-refractivity contribution in [2.24, 2.45) is 10.7 Å². The molecule has 0 bridgehead atoms. The molecular formula is C13H19FN4. The van der Waals surface area contributed by atoms with Crippen LogP contribution in [0.3, 0.4) is 0 Å². The minimum atomic E-state index is -0.441. The highest BCUT2D eigenvalue weighted by Crippen LogP contribution is 2.23. The van der Waals surface area contributed by atoms with E-state index in [0.717, 1.165) is 17.7 Å². The first-order valence-corrected chi connectivity index (χ1v) is 5.73. The van der Waals surface area contributed by atoms with E-state index in [1.807, 2.05) is 25.3 Å². The molecule has 2 N–H and O–H groups in total. The number of halogens is 1. The molecule has 4 nitrogen and oxygen atoms in total. The fraction of sp³-hybridized carbons (Fsp3) is 0.385. The van der Waals surface area contributed by atoms with E-state index >= 15 is 0 Å². The van der Waals surface area contributed by atoms with Gasteiger partial charge in [0.25, 0.3) is 0 Å². The zero-order valence-corrected chi connectivity index (χ0v) is 11.2. The number of aliphatic imine (C=N–C) groups is 1. The van der Waals surface area contributed by atoms with Gasteiger partial charge in [-0.25, -0.2) is 14.4 Å². The van der Waals surface area contributed by atoms with Crippen LogP contribution in [0.5, 0.6) is 0 Å². The molecule has 0 aliphatic carbocycles. The lowest BCUT2D eigenvalue weighted by molar-refractivity contribution is 0.575. The number of hydrogen-bond donors (Lipinski definition) is 1. The second-order valence-corrected chi connectivity index (χ2v) is 4.38. The zero-order chi connectivity index (χ0) is 13.9. The molecule has 5 heteroatoms. The van der Waals surface area contributed by atoms with Gasteiger partial charge in [0.1, 0.15) is 17.5 Å². The Morgan fingerprint density at radius 3 is 2.72 bits per heavy atom. The molecule has 1 aromatic heterocycles. The first-order valence-electron chi connectivity index (χ1n) is 5.73. The van der Waals surface area contributed by atoms with Crippen LogP contribution in [0.25, 0.3) is 5.57 Å². The summed E-state index contributed by atoms with van der Waals surface area (Å²) < 4.78 is 15.9. The van der Waals surface area contributed by atoms with Crippen LogP contribution < -0.4 is 5.73 Å². The Morgan fingerprint density at radius 1 is 1.61 bits per heavy atom. The number of rotatable bonds is 4. The van der Waals surface area contributed by atoms with Crippen molar-refractivity contribution in [3.8, 4) is 0 Å². The molecule has 98 valence electrons. The van der Waals surface area contributed by atoms with E-state index in [0.29, 0.717) is 5.57 Å². The number of aryl methyl sites for hydroxylation is 1. The summed E-state index contributed by atoms with van der Waals surface area (Å²) in [5.41, 5.74) is 6.49. The number of imidazole rings is 1. The monoisotopic (exact) mass is 250 g/mol. The Hall–Kier alpha value is -1.91. The molecule has 0 saturated heterocycles. The highest BCUT2D eigenvalue weighted by Gasteiger charge is 2.13. The van der Waals surface area contributed by atoms with E-state index < -0.39 is 5.83 Å². The Kier molecular flexibility index (Phi) is 4.42. The van der Waals surface area contributed by atoms with Gasteiger partial charge in [-0.15, -0.1) is 0 Å². The quantitative estimate of drug-likeness (QED) is 0.835. The van der Waals surface area contributed by atoms with Gasteiger partial charge in [-0.1, -0.05) is 6.58 Å². The second-order valence-electron chi connectivity index (χ2n) is 4.38. The molecule has 0 unspecified atom stereocenters. The lowest BCUT2D eigenvalue weighted by atomic mass is 10.2. The minimum Gasteiger partial charge on any atom is -0.384 e. The summed E-state index contributed by atoms with van der Waals surface area (Å²) in [5.74, 6) is 0.488. The maximum atomic E-state index is 13.9. The molecule has 1 heterocycles. The summed E-state index contributed by atoms with van der Waals surface area (Å²) >= 11 is 0. The summed E-state index contributed by atoms with van der Waals surface area (Å²) in [5, 5.41) is 0. The topological polar surface area (TPSA) is 56.2 Å². The number of allylic oxidation sites excluding steroid dienone is 2. The minimum absolute atomic E-state index is 0.0755. The van der Waals surface area contributed by atoms with Crippen LogP contribution in [0.2, 0.25) is 0 Å². The molecule has 0 aliphatic rings. The SMILES string of the molecule is C=C(N)N=C/C(F)=C(\C)c1cnc(C)n1C(C)C. The smallest absolute Gasteiger partial charge is 0.146 e. The standard InChI is InChI=1S/C13H19FN4/c1-8(2)18-11(5)17-7-13(18)9(3)12(14)6-16-10(4)15/h6-8H,4,15H2,1-3,5H3/b12-9-,16-6?.